The summed E-state index contributed by atoms with van der Waals surface area (Å²) in [6.07, 6.45) is 2.34. The van der Waals surface area contributed by atoms with Crippen molar-refractivity contribution in [2.45, 2.75) is 25.2 Å². The predicted molar refractivity (Wildman–Crippen MR) is 79.3 cm³/mol. The van der Waals surface area contributed by atoms with Crippen LogP contribution < -0.4 is 4.90 Å². The van der Waals surface area contributed by atoms with E-state index in [2.05, 4.69) is 14.8 Å². The van der Waals surface area contributed by atoms with E-state index in [0.717, 1.165) is 29.4 Å². The van der Waals surface area contributed by atoms with Crippen molar-refractivity contribution in [3.63, 3.8) is 0 Å². The van der Waals surface area contributed by atoms with Crippen molar-refractivity contribution in [3.8, 4) is 0 Å². The number of aliphatic hydroxyl groups excluding tert-OH is 2. The lowest BCUT2D eigenvalue weighted by atomic mass is 10.2. The molecular formula is C13H20N4O2S. The van der Waals surface area contributed by atoms with E-state index in [1.54, 1.807) is 11.3 Å². The first-order valence-corrected chi connectivity index (χ1v) is 7.63. The van der Waals surface area contributed by atoms with Gasteiger partial charge in [-0.2, -0.15) is 0 Å². The van der Waals surface area contributed by atoms with Crippen LogP contribution in [0.2, 0.25) is 0 Å². The second kappa shape index (κ2) is 5.33. The molecule has 110 valence electrons. The summed E-state index contributed by atoms with van der Waals surface area (Å²) < 4.78 is 1.93. The number of imidazole rings is 1. The number of hydrogen-bond acceptors (Lipinski definition) is 6. The zero-order chi connectivity index (χ0) is 14.3. The highest BCUT2D eigenvalue weighted by atomic mass is 32.1. The van der Waals surface area contributed by atoms with Gasteiger partial charge < -0.3 is 20.0 Å². The number of aromatic nitrogens is 2. The van der Waals surface area contributed by atoms with Crippen LogP contribution in [0.4, 0.5) is 5.82 Å². The van der Waals surface area contributed by atoms with Gasteiger partial charge in [0.25, 0.3) is 0 Å². The summed E-state index contributed by atoms with van der Waals surface area (Å²) in [7, 11) is 4.06. The minimum Gasteiger partial charge on any atom is -0.391 e. The lowest BCUT2D eigenvalue weighted by Gasteiger charge is -2.27. The lowest BCUT2D eigenvalue weighted by molar-refractivity contribution is 0.191. The maximum Gasteiger partial charge on any atom is 0.195 e. The molecule has 3 heterocycles. The van der Waals surface area contributed by atoms with Gasteiger partial charge in [-0.3, -0.25) is 4.40 Å². The van der Waals surface area contributed by atoms with Crippen LogP contribution in [0.3, 0.4) is 0 Å². The Balaban J connectivity index is 1.97. The third kappa shape index (κ3) is 2.31. The number of likely N-dealkylation sites (N-methyl/N-ethyl adjacent to an activating group) is 1. The summed E-state index contributed by atoms with van der Waals surface area (Å²) in [5.74, 6) is 0.808. The van der Waals surface area contributed by atoms with Crippen molar-refractivity contribution >= 4 is 22.1 Å². The highest BCUT2D eigenvalue weighted by Gasteiger charge is 2.34. The number of fused-ring (bicyclic) bond motifs is 1. The van der Waals surface area contributed by atoms with Crippen LogP contribution in [0, 0.1) is 0 Å². The maximum atomic E-state index is 9.98. The molecule has 0 aliphatic carbocycles. The van der Waals surface area contributed by atoms with Gasteiger partial charge in [-0.15, -0.1) is 11.3 Å². The molecule has 1 saturated heterocycles. The van der Waals surface area contributed by atoms with Crippen molar-refractivity contribution in [1.29, 1.82) is 0 Å². The van der Waals surface area contributed by atoms with E-state index < -0.39 is 0 Å². The number of nitrogens with zero attached hydrogens (tertiary/aromatic N) is 4. The average Bonchev–Trinajstić information content (AvgIpc) is 3.01. The van der Waals surface area contributed by atoms with Crippen LogP contribution in [-0.2, 0) is 6.61 Å². The van der Waals surface area contributed by atoms with Crippen LogP contribution in [0.1, 0.15) is 12.1 Å². The second-order valence-electron chi connectivity index (χ2n) is 5.55. The van der Waals surface area contributed by atoms with Crippen molar-refractivity contribution < 1.29 is 10.2 Å². The molecule has 2 unspecified atom stereocenters. The molecule has 6 nitrogen and oxygen atoms in total. The monoisotopic (exact) mass is 296 g/mol. The molecule has 0 saturated carbocycles. The topological polar surface area (TPSA) is 64.2 Å². The van der Waals surface area contributed by atoms with Crippen molar-refractivity contribution in [2.24, 2.45) is 0 Å². The molecule has 0 bridgehead atoms. The molecule has 7 heteroatoms. The fourth-order valence-corrected chi connectivity index (χ4v) is 3.67. The number of anilines is 1. The Morgan fingerprint density at radius 2 is 2.30 bits per heavy atom. The first-order chi connectivity index (χ1) is 9.60. The molecule has 2 aromatic heterocycles. The molecule has 0 spiro atoms. The van der Waals surface area contributed by atoms with Gasteiger partial charge >= 0.3 is 0 Å². The van der Waals surface area contributed by atoms with Gasteiger partial charge in [0.15, 0.2) is 10.8 Å². The Morgan fingerprint density at radius 3 is 3.00 bits per heavy atom. The van der Waals surface area contributed by atoms with Gasteiger partial charge in [-0.05, 0) is 20.5 Å². The molecule has 0 amide bonds. The summed E-state index contributed by atoms with van der Waals surface area (Å²) >= 11 is 1.55. The Kier molecular flexibility index (Phi) is 3.68. The normalized spacial score (nSPS) is 23.4. The Labute approximate surface area is 121 Å². The number of rotatable bonds is 4. The largest absolute Gasteiger partial charge is 0.391 e. The van der Waals surface area contributed by atoms with Crippen LogP contribution in [0.15, 0.2) is 11.6 Å². The average molecular weight is 296 g/mol. The molecule has 20 heavy (non-hydrogen) atoms. The molecule has 2 N–H and O–H groups in total. The minimum absolute atomic E-state index is 0.0471. The van der Waals surface area contributed by atoms with Gasteiger partial charge in [0.1, 0.15) is 0 Å². The van der Waals surface area contributed by atoms with Gasteiger partial charge in [0.2, 0.25) is 0 Å². The fraction of sp³-hybridized carbons (Fsp3) is 0.615. The third-order valence-corrected chi connectivity index (χ3v) is 4.49. The van der Waals surface area contributed by atoms with Crippen LogP contribution in [-0.4, -0.2) is 63.8 Å². The first-order valence-electron chi connectivity index (χ1n) is 6.75. The van der Waals surface area contributed by atoms with Crippen LogP contribution in [0.5, 0.6) is 0 Å². The predicted octanol–water partition coefficient (Wildman–Crippen LogP) is 0.389. The smallest absolute Gasteiger partial charge is 0.195 e. The molecule has 0 aromatic carbocycles. The Bertz CT molecular complexity index is 594. The van der Waals surface area contributed by atoms with Gasteiger partial charge in [0.05, 0.1) is 18.4 Å². The number of hydrogen-bond donors (Lipinski definition) is 2. The number of β-amino-alcohol motifs (C(OH)–C–C–N with tert-alkyl or cyclic N) is 1. The molecule has 1 fully saturated rings. The molecule has 3 rings (SSSR count). The van der Waals surface area contributed by atoms with Gasteiger partial charge in [-0.1, -0.05) is 0 Å². The molecule has 2 atom stereocenters. The lowest BCUT2D eigenvalue weighted by Crippen LogP contribution is -2.38. The Morgan fingerprint density at radius 1 is 1.50 bits per heavy atom. The number of thiazole rings is 1. The fourth-order valence-electron chi connectivity index (χ4n) is 2.94. The molecule has 2 aromatic rings. The van der Waals surface area contributed by atoms with E-state index in [-0.39, 0.29) is 18.8 Å². The van der Waals surface area contributed by atoms with E-state index in [1.807, 2.05) is 30.1 Å². The third-order valence-electron chi connectivity index (χ3n) is 3.73. The van der Waals surface area contributed by atoms with E-state index >= 15 is 0 Å². The minimum atomic E-state index is -0.328. The summed E-state index contributed by atoms with van der Waals surface area (Å²) in [6, 6.07) is 0.231. The molecule has 0 radical (unpaired) electrons. The van der Waals surface area contributed by atoms with Gasteiger partial charge in [-0.25, -0.2) is 4.98 Å². The SMILES string of the molecule is CN(C)CC1CC(O)CN1c1nc2sccn2c1CO. The maximum absolute atomic E-state index is 9.98. The van der Waals surface area contributed by atoms with E-state index in [4.69, 9.17) is 0 Å². The summed E-state index contributed by atoms with van der Waals surface area (Å²) in [5, 5.41) is 21.6. The van der Waals surface area contributed by atoms with E-state index in [9.17, 15) is 10.2 Å². The summed E-state index contributed by atoms with van der Waals surface area (Å²) in [6.45, 7) is 1.40. The zero-order valence-corrected chi connectivity index (χ0v) is 12.5. The Hall–Kier alpha value is -1.15. The zero-order valence-electron chi connectivity index (χ0n) is 11.7. The van der Waals surface area contributed by atoms with Crippen molar-refractivity contribution in [1.82, 2.24) is 14.3 Å². The summed E-state index contributed by atoms with van der Waals surface area (Å²) in [5.41, 5.74) is 0.805. The second-order valence-corrected chi connectivity index (χ2v) is 6.43. The van der Waals surface area contributed by atoms with Crippen LogP contribution in [0.25, 0.3) is 4.96 Å². The highest BCUT2D eigenvalue weighted by Crippen LogP contribution is 2.30. The highest BCUT2D eigenvalue weighted by molar-refractivity contribution is 7.15. The molecular weight excluding hydrogens is 276 g/mol. The van der Waals surface area contributed by atoms with Crippen molar-refractivity contribution in [2.75, 3.05) is 32.1 Å². The van der Waals surface area contributed by atoms with E-state index in [0.29, 0.717) is 6.54 Å². The standard InChI is InChI=1S/C13H20N4O2S/c1-15(2)6-9-5-10(19)7-17(9)12-11(8-18)16-3-4-20-13(16)14-12/h3-4,9-10,18-19H,5-8H2,1-2H3. The first kappa shape index (κ1) is 13.8. The molecule has 1 aliphatic heterocycles. The number of aliphatic hydroxyl groups is 2. The van der Waals surface area contributed by atoms with Crippen LogP contribution >= 0.6 is 11.3 Å². The van der Waals surface area contributed by atoms with Gasteiger partial charge in [0, 0.05) is 30.7 Å². The summed E-state index contributed by atoms with van der Waals surface area (Å²) in [4.78, 5) is 9.77. The molecule has 1 aliphatic rings. The van der Waals surface area contributed by atoms with E-state index in [1.165, 1.54) is 0 Å². The quantitative estimate of drug-likeness (QED) is 0.854. The van der Waals surface area contributed by atoms with Crippen molar-refractivity contribution in [3.05, 3.63) is 17.3 Å².